The molecular weight excluding hydrogens is 336 g/mol. The largest absolute Gasteiger partial charge is 0.493 e. The van der Waals surface area contributed by atoms with Gasteiger partial charge < -0.3 is 19.2 Å². The zero-order chi connectivity index (χ0) is 15.2. The molecule has 21 heavy (non-hydrogen) atoms. The Morgan fingerprint density at radius 1 is 1.24 bits per heavy atom. The second kappa shape index (κ2) is 7.47. The summed E-state index contributed by atoms with van der Waals surface area (Å²) in [7, 11) is 3.25. The Morgan fingerprint density at radius 3 is 2.67 bits per heavy atom. The van der Waals surface area contributed by atoms with Crippen molar-refractivity contribution in [3.05, 3.63) is 40.0 Å². The highest BCUT2D eigenvalue weighted by Crippen LogP contribution is 2.36. The zero-order valence-electron chi connectivity index (χ0n) is 12.4. The number of benzene rings is 1. The summed E-state index contributed by atoms with van der Waals surface area (Å²) in [6.07, 6.45) is 2.62. The summed E-state index contributed by atoms with van der Waals surface area (Å²) >= 11 is 3.48. The van der Waals surface area contributed by atoms with Crippen molar-refractivity contribution in [2.75, 3.05) is 14.2 Å². The number of aryl methyl sites for hydroxylation is 1. The SMILES string of the molecule is CCc1cnc(CNCc2cc(Br)c(OC)c(OC)c2)o1. The van der Waals surface area contributed by atoms with Crippen LogP contribution >= 0.6 is 15.9 Å². The molecular formula is C15H19BrN2O3. The number of nitrogens with zero attached hydrogens (tertiary/aromatic N) is 1. The summed E-state index contributed by atoms with van der Waals surface area (Å²) in [5.74, 6) is 3.00. The van der Waals surface area contributed by atoms with Crippen LogP contribution in [0.25, 0.3) is 0 Å². The summed E-state index contributed by atoms with van der Waals surface area (Å²) in [4.78, 5) is 4.21. The zero-order valence-corrected chi connectivity index (χ0v) is 14.0. The van der Waals surface area contributed by atoms with Gasteiger partial charge in [-0.1, -0.05) is 6.92 Å². The summed E-state index contributed by atoms with van der Waals surface area (Å²) in [5, 5.41) is 3.30. The highest BCUT2D eigenvalue weighted by molar-refractivity contribution is 9.10. The predicted molar refractivity (Wildman–Crippen MR) is 83.7 cm³/mol. The molecule has 6 heteroatoms. The van der Waals surface area contributed by atoms with Gasteiger partial charge in [-0.15, -0.1) is 0 Å². The molecule has 0 spiro atoms. The van der Waals surface area contributed by atoms with E-state index in [2.05, 4.69) is 26.2 Å². The van der Waals surface area contributed by atoms with Crippen molar-refractivity contribution in [1.29, 1.82) is 0 Å². The van der Waals surface area contributed by atoms with Crippen molar-refractivity contribution in [2.45, 2.75) is 26.4 Å². The van der Waals surface area contributed by atoms with Crippen LogP contribution in [0.2, 0.25) is 0 Å². The molecule has 1 N–H and O–H groups in total. The lowest BCUT2D eigenvalue weighted by Gasteiger charge is -2.12. The van der Waals surface area contributed by atoms with Crippen LogP contribution in [0, 0.1) is 0 Å². The average molecular weight is 355 g/mol. The second-order valence-electron chi connectivity index (χ2n) is 4.49. The van der Waals surface area contributed by atoms with E-state index in [1.54, 1.807) is 20.4 Å². The third-order valence-electron chi connectivity index (χ3n) is 3.05. The van der Waals surface area contributed by atoms with E-state index in [1.165, 1.54) is 0 Å². The summed E-state index contributed by atoms with van der Waals surface area (Å²) in [6, 6.07) is 3.95. The van der Waals surface area contributed by atoms with Crippen LogP contribution in [-0.4, -0.2) is 19.2 Å². The molecule has 0 amide bonds. The summed E-state index contributed by atoms with van der Waals surface area (Å²) in [5.41, 5.74) is 1.08. The number of methoxy groups -OCH3 is 2. The second-order valence-corrected chi connectivity index (χ2v) is 5.34. The fraction of sp³-hybridized carbons (Fsp3) is 0.400. The summed E-state index contributed by atoms with van der Waals surface area (Å²) < 4.78 is 17.0. The molecule has 0 radical (unpaired) electrons. The van der Waals surface area contributed by atoms with Crippen LogP contribution < -0.4 is 14.8 Å². The molecule has 0 atom stereocenters. The number of halogens is 1. The maximum atomic E-state index is 5.55. The predicted octanol–water partition coefficient (Wildman–Crippen LogP) is 3.31. The van der Waals surface area contributed by atoms with Gasteiger partial charge in [0, 0.05) is 13.0 Å². The lowest BCUT2D eigenvalue weighted by atomic mass is 10.2. The first-order valence-electron chi connectivity index (χ1n) is 6.72. The molecule has 0 fully saturated rings. The average Bonchev–Trinajstić information content (AvgIpc) is 2.94. The number of rotatable bonds is 7. The van der Waals surface area contributed by atoms with Gasteiger partial charge in [-0.05, 0) is 33.6 Å². The monoisotopic (exact) mass is 354 g/mol. The molecule has 2 rings (SSSR count). The summed E-state index contributed by atoms with van der Waals surface area (Å²) in [6.45, 7) is 3.31. The van der Waals surface area contributed by atoms with Gasteiger partial charge in [0.15, 0.2) is 11.5 Å². The Bertz CT molecular complexity index is 599. The highest BCUT2D eigenvalue weighted by Gasteiger charge is 2.10. The topological polar surface area (TPSA) is 56.5 Å². The van der Waals surface area contributed by atoms with Crippen LogP contribution in [0.3, 0.4) is 0 Å². The normalized spacial score (nSPS) is 10.7. The quantitative estimate of drug-likeness (QED) is 0.826. The Labute approximate surface area is 132 Å². The van der Waals surface area contributed by atoms with E-state index in [0.717, 1.165) is 22.2 Å². The van der Waals surface area contributed by atoms with Gasteiger partial charge in [0.2, 0.25) is 5.89 Å². The van der Waals surface area contributed by atoms with Crippen molar-refractivity contribution in [2.24, 2.45) is 0 Å². The molecule has 1 aromatic heterocycles. The fourth-order valence-electron chi connectivity index (χ4n) is 1.98. The number of ether oxygens (including phenoxy) is 2. The number of nitrogens with one attached hydrogen (secondary N) is 1. The first-order valence-corrected chi connectivity index (χ1v) is 7.52. The van der Waals surface area contributed by atoms with Gasteiger partial charge in [-0.2, -0.15) is 0 Å². The Hall–Kier alpha value is -1.53. The van der Waals surface area contributed by atoms with Gasteiger partial charge in [-0.25, -0.2) is 4.98 Å². The van der Waals surface area contributed by atoms with Gasteiger partial charge in [0.1, 0.15) is 5.76 Å². The van der Waals surface area contributed by atoms with E-state index in [-0.39, 0.29) is 0 Å². The van der Waals surface area contributed by atoms with Crippen molar-refractivity contribution in [3.8, 4) is 11.5 Å². The fourth-order valence-corrected chi connectivity index (χ4v) is 2.63. The van der Waals surface area contributed by atoms with Gasteiger partial charge in [-0.3, -0.25) is 0 Å². The minimum absolute atomic E-state index is 0.589. The Kier molecular flexibility index (Phi) is 5.64. The molecule has 114 valence electrons. The van der Waals surface area contributed by atoms with Crippen LogP contribution in [0.1, 0.15) is 24.1 Å². The minimum Gasteiger partial charge on any atom is -0.493 e. The van der Waals surface area contributed by atoms with Crippen LogP contribution in [0.15, 0.2) is 27.2 Å². The maximum absolute atomic E-state index is 5.55. The van der Waals surface area contributed by atoms with Crippen molar-refractivity contribution in [3.63, 3.8) is 0 Å². The van der Waals surface area contributed by atoms with E-state index in [9.17, 15) is 0 Å². The van der Waals surface area contributed by atoms with Gasteiger partial charge >= 0.3 is 0 Å². The molecule has 1 aromatic carbocycles. The van der Waals surface area contributed by atoms with E-state index in [4.69, 9.17) is 13.9 Å². The lowest BCUT2D eigenvalue weighted by Crippen LogP contribution is -2.13. The molecule has 0 saturated heterocycles. The molecule has 0 aliphatic carbocycles. The van der Waals surface area contributed by atoms with Gasteiger partial charge in [0.05, 0.1) is 31.4 Å². The van der Waals surface area contributed by atoms with E-state index < -0.39 is 0 Å². The first-order chi connectivity index (χ1) is 10.2. The third-order valence-corrected chi connectivity index (χ3v) is 3.64. The standard InChI is InChI=1S/C15H19BrN2O3/c1-4-11-8-18-14(21-11)9-17-7-10-5-12(16)15(20-3)13(6-10)19-2/h5-6,8,17H,4,7,9H2,1-3H3. The molecule has 2 aromatic rings. The van der Waals surface area contributed by atoms with E-state index in [0.29, 0.717) is 30.5 Å². The minimum atomic E-state index is 0.589. The molecule has 0 aliphatic rings. The molecule has 0 bridgehead atoms. The number of hydrogen-bond acceptors (Lipinski definition) is 5. The number of aromatic nitrogens is 1. The van der Waals surface area contributed by atoms with Crippen LogP contribution in [-0.2, 0) is 19.5 Å². The molecule has 0 aliphatic heterocycles. The maximum Gasteiger partial charge on any atom is 0.208 e. The van der Waals surface area contributed by atoms with Crippen LogP contribution in [0.4, 0.5) is 0 Å². The molecule has 1 heterocycles. The Balaban J connectivity index is 1.98. The first kappa shape index (κ1) is 15.9. The highest BCUT2D eigenvalue weighted by atomic mass is 79.9. The van der Waals surface area contributed by atoms with Crippen molar-refractivity contribution >= 4 is 15.9 Å². The van der Waals surface area contributed by atoms with Crippen LogP contribution in [0.5, 0.6) is 11.5 Å². The third kappa shape index (κ3) is 3.98. The molecule has 0 unspecified atom stereocenters. The lowest BCUT2D eigenvalue weighted by molar-refractivity contribution is 0.352. The number of hydrogen-bond donors (Lipinski definition) is 1. The van der Waals surface area contributed by atoms with Crippen molar-refractivity contribution < 1.29 is 13.9 Å². The number of oxazole rings is 1. The van der Waals surface area contributed by atoms with E-state index in [1.807, 2.05) is 19.1 Å². The van der Waals surface area contributed by atoms with Crippen molar-refractivity contribution in [1.82, 2.24) is 10.3 Å². The molecule has 5 nitrogen and oxygen atoms in total. The molecule has 0 saturated carbocycles. The van der Waals surface area contributed by atoms with Gasteiger partial charge in [0.25, 0.3) is 0 Å². The van der Waals surface area contributed by atoms with E-state index >= 15 is 0 Å². The smallest absolute Gasteiger partial charge is 0.208 e. The Morgan fingerprint density at radius 2 is 2.05 bits per heavy atom.